The molecule has 0 spiro atoms. The van der Waals surface area contributed by atoms with Crippen molar-refractivity contribution < 1.29 is 77.7 Å². The van der Waals surface area contributed by atoms with Crippen LogP contribution in [0.15, 0.2) is 0 Å². The lowest BCUT2D eigenvalue weighted by Gasteiger charge is -2.20. The van der Waals surface area contributed by atoms with Gasteiger partial charge in [0.25, 0.3) is 0 Å². The molecule has 24 heteroatoms. The molecular formula is C37H64N8O16. The molecule has 0 aromatic heterocycles. The van der Waals surface area contributed by atoms with Crippen LogP contribution in [0.4, 0.5) is 0 Å². The molecule has 0 saturated carbocycles. The van der Waals surface area contributed by atoms with Crippen LogP contribution in [0.5, 0.6) is 0 Å². The van der Waals surface area contributed by atoms with Crippen molar-refractivity contribution in [1.29, 1.82) is 0 Å². The maximum absolute atomic E-state index is 13.0. The molecule has 2 fully saturated rings. The van der Waals surface area contributed by atoms with Crippen molar-refractivity contribution >= 4 is 47.3 Å². The maximum atomic E-state index is 13.0. The van der Waals surface area contributed by atoms with Gasteiger partial charge in [-0.25, -0.2) is 0 Å². The lowest BCUT2D eigenvalue weighted by molar-refractivity contribution is -0.134. The summed E-state index contributed by atoms with van der Waals surface area (Å²) in [6, 6.07) is -2.49. The first-order chi connectivity index (χ1) is 29.0. The number of carbonyl (C=O) groups excluding carboxylic acids is 8. The Bertz CT molecular complexity index is 1360. The Hall–Kier alpha value is -4.56. The molecule has 0 radical (unpaired) electrons. The standard InChI is InChI=1S/C37H64N8O16/c1-20(34(54)40-12-22(48)16-46)8-30(52)44-26(10-28(50)38-3)36(56)42-14-24-18-58-32(60-24)6-5-7-33-59-19-25(61-33)15-43-37(57)27(11-29(51)39-4)45-31(53)9-21(2)35(55)41-13-23(49)17-47/h20-27,32-33,46-49H,5-19H2,1-4H3,(H,38,50)(H,39,51)(H,40,54)(H,41,55)(H,42,56)(H,43,57)(H,44,52)(H,45,53). The van der Waals surface area contributed by atoms with Gasteiger partial charge in [-0.05, 0) is 19.3 Å². The highest BCUT2D eigenvalue weighted by atomic mass is 16.7. The summed E-state index contributed by atoms with van der Waals surface area (Å²) < 4.78 is 23.2. The second-order valence-corrected chi connectivity index (χ2v) is 14.8. The Morgan fingerprint density at radius 1 is 0.557 bits per heavy atom. The minimum atomic E-state index is -1.24. The molecule has 2 heterocycles. The normalized spacial score (nSPS) is 21.4. The smallest absolute Gasteiger partial charge is 0.243 e. The van der Waals surface area contributed by atoms with Gasteiger partial charge in [-0.3, -0.25) is 38.4 Å². The van der Waals surface area contributed by atoms with E-state index >= 15 is 0 Å². The van der Waals surface area contributed by atoms with Crippen molar-refractivity contribution in [2.45, 2.75) is 108 Å². The fourth-order valence-electron chi connectivity index (χ4n) is 5.81. The highest BCUT2D eigenvalue weighted by molar-refractivity contribution is 5.94. The van der Waals surface area contributed by atoms with Gasteiger partial charge in [0.2, 0.25) is 47.3 Å². The highest BCUT2D eigenvalue weighted by Gasteiger charge is 2.32. The van der Waals surface area contributed by atoms with Crippen LogP contribution >= 0.6 is 0 Å². The largest absolute Gasteiger partial charge is 0.394 e. The molecule has 0 aliphatic carbocycles. The number of ether oxygens (including phenoxy) is 4. The summed E-state index contributed by atoms with van der Waals surface area (Å²) in [5.41, 5.74) is 0. The molecule has 2 rings (SSSR count). The number of hydrogen-bond acceptors (Lipinski definition) is 16. The Morgan fingerprint density at radius 3 is 1.28 bits per heavy atom. The molecule has 8 amide bonds. The van der Waals surface area contributed by atoms with Gasteiger partial charge >= 0.3 is 0 Å². The molecule has 24 nitrogen and oxygen atoms in total. The van der Waals surface area contributed by atoms with Crippen LogP contribution in [-0.2, 0) is 57.3 Å². The molecule has 0 bridgehead atoms. The average molecular weight is 877 g/mol. The van der Waals surface area contributed by atoms with Crippen LogP contribution in [0, 0.1) is 11.8 Å². The minimum absolute atomic E-state index is 0.0194. The van der Waals surface area contributed by atoms with Crippen LogP contribution in [0.1, 0.15) is 58.8 Å². The van der Waals surface area contributed by atoms with Gasteiger partial charge < -0.3 is 81.9 Å². The van der Waals surface area contributed by atoms with E-state index in [1.807, 2.05) is 0 Å². The summed E-state index contributed by atoms with van der Waals surface area (Å²) >= 11 is 0. The van der Waals surface area contributed by atoms with E-state index in [9.17, 15) is 48.6 Å². The molecule has 12 N–H and O–H groups in total. The number of nitrogens with one attached hydrogen (secondary N) is 8. The number of carbonyl (C=O) groups is 8. The van der Waals surface area contributed by atoms with Gasteiger partial charge in [-0.1, -0.05) is 13.8 Å². The van der Waals surface area contributed by atoms with E-state index < -0.39 is 121 Å². The van der Waals surface area contributed by atoms with Gasteiger partial charge in [0.15, 0.2) is 12.6 Å². The third kappa shape index (κ3) is 20.7. The fraction of sp³-hybridized carbons (Fsp3) is 0.784. The van der Waals surface area contributed by atoms with Crippen molar-refractivity contribution in [2.24, 2.45) is 11.8 Å². The minimum Gasteiger partial charge on any atom is -0.394 e. The predicted octanol–water partition coefficient (Wildman–Crippen LogP) is -5.89. The quantitative estimate of drug-likeness (QED) is 0.0348. The van der Waals surface area contributed by atoms with Crippen LogP contribution in [0.3, 0.4) is 0 Å². The average Bonchev–Trinajstić information content (AvgIpc) is 3.90. The summed E-state index contributed by atoms with van der Waals surface area (Å²) in [6.45, 7) is 1.84. The number of hydrogen-bond donors (Lipinski definition) is 12. The lowest BCUT2D eigenvalue weighted by atomic mass is 10.1. The molecule has 10 atom stereocenters. The van der Waals surface area contributed by atoms with Gasteiger partial charge in [-0.2, -0.15) is 0 Å². The Balaban J connectivity index is 1.75. The van der Waals surface area contributed by atoms with E-state index in [2.05, 4.69) is 42.5 Å². The third-order valence-corrected chi connectivity index (χ3v) is 9.48. The maximum Gasteiger partial charge on any atom is 0.243 e. The molecule has 10 unspecified atom stereocenters. The third-order valence-electron chi connectivity index (χ3n) is 9.48. The van der Waals surface area contributed by atoms with Gasteiger partial charge in [-0.15, -0.1) is 0 Å². The van der Waals surface area contributed by atoms with Crippen molar-refractivity contribution in [3.05, 3.63) is 0 Å². The lowest BCUT2D eigenvalue weighted by Crippen LogP contribution is -2.51. The van der Waals surface area contributed by atoms with Crippen LogP contribution < -0.4 is 42.5 Å². The molecule has 61 heavy (non-hydrogen) atoms. The van der Waals surface area contributed by atoms with Crippen LogP contribution in [0.25, 0.3) is 0 Å². The van der Waals surface area contributed by atoms with Crippen LogP contribution in [0.2, 0.25) is 0 Å². The molecule has 0 aromatic rings. The van der Waals surface area contributed by atoms with Crippen molar-refractivity contribution in [3.63, 3.8) is 0 Å². The SMILES string of the molecule is CNC(=O)CC(NC(=O)CC(C)C(=O)NCC(O)CO)C(=O)NCC1COC(CCCC2OCC(CNC(=O)C(CC(=O)NC)NC(=O)CC(C)C(=O)NCC(O)CO)O2)O1. The first kappa shape index (κ1) is 52.6. The van der Waals surface area contributed by atoms with Crippen molar-refractivity contribution in [3.8, 4) is 0 Å². The van der Waals surface area contributed by atoms with E-state index in [0.29, 0.717) is 19.3 Å². The molecule has 0 aromatic carbocycles. The molecule has 2 saturated heterocycles. The highest BCUT2D eigenvalue weighted by Crippen LogP contribution is 2.21. The summed E-state index contributed by atoms with van der Waals surface area (Å²) in [5.74, 6) is -6.35. The zero-order chi connectivity index (χ0) is 45.5. The number of aliphatic hydroxyl groups excluding tert-OH is 4. The van der Waals surface area contributed by atoms with Gasteiger partial charge in [0, 0.05) is 65.0 Å². The predicted molar refractivity (Wildman–Crippen MR) is 210 cm³/mol. The van der Waals surface area contributed by atoms with Gasteiger partial charge in [0.05, 0.1) is 51.5 Å². The Morgan fingerprint density at radius 2 is 0.934 bits per heavy atom. The molecule has 348 valence electrons. The zero-order valence-electron chi connectivity index (χ0n) is 35.1. The Labute approximate surface area is 353 Å². The van der Waals surface area contributed by atoms with Crippen molar-refractivity contribution in [2.75, 3.05) is 66.7 Å². The number of rotatable bonds is 28. The first-order valence-corrected chi connectivity index (χ1v) is 20.2. The second kappa shape index (κ2) is 28.1. The number of amides is 8. The van der Waals surface area contributed by atoms with Gasteiger partial charge in [0.1, 0.15) is 24.3 Å². The monoisotopic (exact) mass is 876 g/mol. The second-order valence-electron chi connectivity index (χ2n) is 14.8. The van der Waals surface area contributed by atoms with Crippen LogP contribution in [-0.4, -0.2) is 183 Å². The van der Waals surface area contributed by atoms with E-state index in [4.69, 9.17) is 29.2 Å². The molecular weight excluding hydrogens is 812 g/mol. The van der Waals surface area contributed by atoms with E-state index in [1.165, 1.54) is 27.9 Å². The number of aliphatic hydroxyl groups is 4. The molecule has 2 aliphatic heterocycles. The molecule has 2 aliphatic rings. The Kier molecular flexibility index (Phi) is 24.2. The summed E-state index contributed by atoms with van der Waals surface area (Å²) in [6.07, 6.45) is -4.36. The van der Waals surface area contributed by atoms with E-state index in [1.54, 1.807) is 0 Å². The first-order valence-electron chi connectivity index (χ1n) is 20.2. The summed E-state index contributed by atoms with van der Waals surface area (Å²) in [4.78, 5) is 100. The fourth-order valence-corrected chi connectivity index (χ4v) is 5.81. The zero-order valence-corrected chi connectivity index (χ0v) is 35.1. The van der Waals surface area contributed by atoms with Crippen molar-refractivity contribution in [1.82, 2.24) is 42.5 Å². The summed E-state index contributed by atoms with van der Waals surface area (Å²) in [7, 11) is 2.76. The summed E-state index contributed by atoms with van der Waals surface area (Å²) in [5, 5.41) is 56.5. The van der Waals surface area contributed by atoms with E-state index in [-0.39, 0.29) is 65.1 Å². The topological polar surface area (TPSA) is 351 Å². The van der Waals surface area contributed by atoms with E-state index in [0.717, 1.165) is 0 Å².